The van der Waals surface area contributed by atoms with E-state index in [1.807, 2.05) is 26.8 Å². The van der Waals surface area contributed by atoms with Gasteiger partial charge in [-0.1, -0.05) is 24.3 Å². The average Bonchev–Trinajstić information content (AvgIpc) is 3.50. The number of amides is 3. The topological polar surface area (TPSA) is 87.3 Å². The summed E-state index contributed by atoms with van der Waals surface area (Å²) < 4.78 is 0. The van der Waals surface area contributed by atoms with Gasteiger partial charge in [0.25, 0.3) is 5.91 Å². The van der Waals surface area contributed by atoms with Crippen LogP contribution in [0, 0.1) is 12.8 Å². The highest BCUT2D eigenvalue weighted by Gasteiger charge is 2.39. The first-order valence-electron chi connectivity index (χ1n) is 9.37. The van der Waals surface area contributed by atoms with Crippen LogP contribution in [0.4, 0.5) is 11.4 Å². The monoisotopic (exact) mass is 379 g/mol. The van der Waals surface area contributed by atoms with Gasteiger partial charge in [0.2, 0.25) is 0 Å². The minimum Gasteiger partial charge on any atom is -0.343 e. The highest BCUT2D eigenvalue weighted by molar-refractivity contribution is 6.39. The number of hydrogen-bond acceptors (Lipinski definition) is 3. The Morgan fingerprint density at radius 3 is 2.25 bits per heavy atom. The number of nitrogens with one attached hydrogen (secondary N) is 3. The van der Waals surface area contributed by atoms with Gasteiger partial charge in [0.1, 0.15) is 0 Å². The summed E-state index contributed by atoms with van der Waals surface area (Å²) in [5.41, 5.74) is 1.95. The molecule has 0 aromatic heterocycles. The Kier molecular flexibility index (Phi) is 5.49. The molecule has 0 heterocycles. The van der Waals surface area contributed by atoms with Gasteiger partial charge in [0.15, 0.2) is 0 Å². The van der Waals surface area contributed by atoms with E-state index < -0.39 is 17.4 Å². The highest BCUT2D eigenvalue weighted by atomic mass is 16.2. The number of aryl methyl sites for hydroxylation is 1. The molecule has 2 aromatic rings. The minimum atomic E-state index is -0.719. The van der Waals surface area contributed by atoms with E-state index in [1.165, 1.54) is 0 Å². The van der Waals surface area contributed by atoms with E-state index in [9.17, 15) is 14.4 Å². The van der Waals surface area contributed by atoms with Gasteiger partial charge in [-0.2, -0.15) is 0 Å². The molecule has 146 valence electrons. The maximum atomic E-state index is 12.3. The van der Waals surface area contributed by atoms with Crippen molar-refractivity contribution in [2.24, 2.45) is 5.92 Å². The lowest BCUT2D eigenvalue weighted by molar-refractivity contribution is -0.137. The molecule has 1 aliphatic carbocycles. The molecule has 3 N–H and O–H groups in total. The van der Waals surface area contributed by atoms with Crippen molar-refractivity contribution in [1.29, 1.82) is 0 Å². The average molecular weight is 379 g/mol. The van der Waals surface area contributed by atoms with Crippen molar-refractivity contribution in [2.75, 3.05) is 10.6 Å². The molecule has 0 radical (unpaired) electrons. The third-order valence-corrected chi connectivity index (χ3v) is 5.02. The molecule has 0 atom stereocenters. The summed E-state index contributed by atoms with van der Waals surface area (Å²) in [4.78, 5) is 36.9. The Morgan fingerprint density at radius 2 is 1.61 bits per heavy atom. The van der Waals surface area contributed by atoms with Crippen LogP contribution in [0.1, 0.15) is 42.6 Å². The first-order chi connectivity index (χ1) is 13.3. The van der Waals surface area contributed by atoms with Gasteiger partial charge >= 0.3 is 11.8 Å². The molecule has 28 heavy (non-hydrogen) atoms. The molecule has 1 aliphatic rings. The van der Waals surface area contributed by atoms with Gasteiger partial charge < -0.3 is 16.0 Å². The van der Waals surface area contributed by atoms with Crippen molar-refractivity contribution in [1.82, 2.24) is 5.32 Å². The molecule has 0 bridgehead atoms. The number of carbonyl (C=O) groups is 3. The second-order valence-corrected chi connectivity index (χ2v) is 7.75. The maximum Gasteiger partial charge on any atom is 0.313 e. The van der Waals surface area contributed by atoms with E-state index in [-0.39, 0.29) is 5.91 Å². The number of hydrogen-bond donors (Lipinski definition) is 3. The Bertz CT molecular complexity index is 902. The zero-order valence-corrected chi connectivity index (χ0v) is 16.3. The third kappa shape index (κ3) is 4.76. The Balaban J connectivity index is 1.66. The Morgan fingerprint density at radius 1 is 0.929 bits per heavy atom. The highest BCUT2D eigenvalue weighted by Crippen LogP contribution is 2.39. The van der Waals surface area contributed by atoms with Crippen LogP contribution >= 0.6 is 0 Å². The number of benzene rings is 2. The molecule has 0 aliphatic heterocycles. The second-order valence-electron chi connectivity index (χ2n) is 7.75. The van der Waals surface area contributed by atoms with Crippen LogP contribution in [0.5, 0.6) is 0 Å². The molecule has 3 amide bonds. The van der Waals surface area contributed by atoms with Crippen molar-refractivity contribution >= 4 is 29.1 Å². The molecule has 6 nitrogen and oxygen atoms in total. The summed E-state index contributed by atoms with van der Waals surface area (Å²) in [5, 5.41) is 8.25. The fraction of sp³-hybridized carbons (Fsp3) is 0.318. The predicted molar refractivity (Wildman–Crippen MR) is 109 cm³/mol. The second kappa shape index (κ2) is 7.84. The summed E-state index contributed by atoms with van der Waals surface area (Å²) in [5.74, 6) is -1.20. The van der Waals surface area contributed by atoms with Crippen LogP contribution in [-0.2, 0) is 9.59 Å². The zero-order chi connectivity index (χ0) is 20.3. The number of carbonyl (C=O) groups excluding carboxylic acids is 3. The lowest BCUT2D eigenvalue weighted by Crippen LogP contribution is -2.49. The maximum absolute atomic E-state index is 12.3. The summed E-state index contributed by atoms with van der Waals surface area (Å²) in [6.45, 7) is 5.69. The standard InChI is InChI=1S/C22H25N3O3/c1-14-9-12-17(23-19(26)15-7-5-4-6-8-15)13-18(14)24-20(27)21(28)25-22(2,3)16-10-11-16/h4-9,12-13,16H,10-11H2,1-3H3,(H,23,26)(H,24,27)(H,25,28). The van der Waals surface area contributed by atoms with Gasteiger partial charge in [-0.05, 0) is 69.4 Å². The summed E-state index contributed by atoms with van der Waals surface area (Å²) in [6.07, 6.45) is 2.13. The number of anilines is 2. The van der Waals surface area contributed by atoms with Crippen LogP contribution in [0.15, 0.2) is 48.5 Å². The van der Waals surface area contributed by atoms with Crippen molar-refractivity contribution in [3.63, 3.8) is 0 Å². The van der Waals surface area contributed by atoms with Gasteiger partial charge in [-0.25, -0.2) is 0 Å². The van der Waals surface area contributed by atoms with E-state index in [0.717, 1.165) is 18.4 Å². The van der Waals surface area contributed by atoms with Gasteiger partial charge in [0.05, 0.1) is 0 Å². The SMILES string of the molecule is Cc1ccc(NC(=O)c2ccccc2)cc1NC(=O)C(=O)NC(C)(C)C1CC1. The molecular formula is C22H25N3O3. The van der Waals surface area contributed by atoms with E-state index >= 15 is 0 Å². The van der Waals surface area contributed by atoms with Crippen LogP contribution in [0.3, 0.4) is 0 Å². The molecule has 0 saturated heterocycles. The van der Waals surface area contributed by atoms with E-state index in [2.05, 4.69) is 16.0 Å². The number of rotatable bonds is 5. The van der Waals surface area contributed by atoms with E-state index in [1.54, 1.807) is 42.5 Å². The third-order valence-electron chi connectivity index (χ3n) is 5.02. The molecule has 0 spiro atoms. The van der Waals surface area contributed by atoms with Gasteiger partial charge in [-0.15, -0.1) is 0 Å². The van der Waals surface area contributed by atoms with Crippen LogP contribution in [0.2, 0.25) is 0 Å². The van der Waals surface area contributed by atoms with Gasteiger partial charge in [0, 0.05) is 22.5 Å². The van der Waals surface area contributed by atoms with Crippen molar-refractivity contribution in [2.45, 2.75) is 39.2 Å². The zero-order valence-electron chi connectivity index (χ0n) is 16.3. The summed E-state index contributed by atoms with van der Waals surface area (Å²) in [7, 11) is 0. The molecule has 0 unspecified atom stereocenters. The molecule has 6 heteroatoms. The summed E-state index contributed by atoms with van der Waals surface area (Å²) >= 11 is 0. The lowest BCUT2D eigenvalue weighted by atomic mass is 9.99. The molecule has 1 saturated carbocycles. The Hall–Kier alpha value is -3.15. The first kappa shape index (κ1) is 19.6. The smallest absolute Gasteiger partial charge is 0.313 e. The minimum absolute atomic E-state index is 0.245. The normalized spacial score (nSPS) is 13.5. The Labute approximate surface area is 164 Å². The molecule has 3 rings (SSSR count). The summed E-state index contributed by atoms with van der Waals surface area (Å²) in [6, 6.07) is 14.0. The van der Waals surface area contributed by atoms with Crippen LogP contribution in [-0.4, -0.2) is 23.3 Å². The largest absolute Gasteiger partial charge is 0.343 e. The van der Waals surface area contributed by atoms with Gasteiger partial charge in [-0.3, -0.25) is 14.4 Å². The fourth-order valence-corrected chi connectivity index (χ4v) is 3.06. The van der Waals surface area contributed by atoms with E-state index in [4.69, 9.17) is 0 Å². The molecule has 1 fully saturated rings. The van der Waals surface area contributed by atoms with Crippen molar-refractivity contribution in [3.8, 4) is 0 Å². The lowest BCUT2D eigenvalue weighted by Gasteiger charge is -2.25. The van der Waals surface area contributed by atoms with Crippen molar-refractivity contribution in [3.05, 3.63) is 59.7 Å². The first-order valence-corrected chi connectivity index (χ1v) is 9.37. The van der Waals surface area contributed by atoms with Crippen LogP contribution < -0.4 is 16.0 Å². The predicted octanol–water partition coefficient (Wildman–Crippen LogP) is 3.49. The quantitative estimate of drug-likeness (QED) is 0.695. The molecular weight excluding hydrogens is 354 g/mol. The fourth-order valence-electron chi connectivity index (χ4n) is 3.06. The van der Waals surface area contributed by atoms with Crippen LogP contribution in [0.25, 0.3) is 0 Å². The molecule has 2 aromatic carbocycles. The van der Waals surface area contributed by atoms with Crippen molar-refractivity contribution < 1.29 is 14.4 Å². The van der Waals surface area contributed by atoms with E-state index in [0.29, 0.717) is 22.9 Å².